The van der Waals surface area contributed by atoms with Crippen LogP contribution in [0.4, 0.5) is 10.1 Å². The van der Waals surface area contributed by atoms with Crippen LogP contribution in [-0.4, -0.2) is 38.5 Å². The van der Waals surface area contributed by atoms with Crippen LogP contribution in [0, 0.1) is 12.7 Å². The molecule has 1 rings (SSSR count). The van der Waals surface area contributed by atoms with Crippen molar-refractivity contribution in [3.8, 4) is 0 Å². The van der Waals surface area contributed by atoms with Gasteiger partial charge < -0.3 is 15.5 Å². The van der Waals surface area contributed by atoms with Gasteiger partial charge in [0.25, 0.3) is 11.8 Å². The molecule has 3 N–H and O–H groups in total. The number of likely N-dealkylation sites (N-methyl/N-ethyl adjacent to an activating group) is 1. The van der Waals surface area contributed by atoms with Gasteiger partial charge in [0.2, 0.25) is 0 Å². The van der Waals surface area contributed by atoms with Crippen LogP contribution in [0.5, 0.6) is 0 Å². The van der Waals surface area contributed by atoms with Gasteiger partial charge in [-0.3, -0.25) is 9.59 Å². The van der Waals surface area contributed by atoms with Crippen molar-refractivity contribution in [2.24, 2.45) is 0 Å². The molecule has 5 nitrogen and oxygen atoms in total. The summed E-state index contributed by atoms with van der Waals surface area (Å²) in [6, 6.07) is 4.63. The lowest BCUT2D eigenvalue weighted by Gasteiger charge is -2.14. The summed E-state index contributed by atoms with van der Waals surface area (Å²) in [7, 11) is 1.75. The zero-order valence-electron chi connectivity index (χ0n) is 12.8. The van der Waals surface area contributed by atoms with Crippen LogP contribution in [0.3, 0.4) is 0 Å². The van der Waals surface area contributed by atoms with Gasteiger partial charge in [0.1, 0.15) is 5.82 Å². The minimum Gasteiger partial charge on any atom is -0.351 e. The first kappa shape index (κ1) is 17.1. The topological polar surface area (TPSA) is 62.6 Å². The Balaban J connectivity index is 2.44. The Labute approximate surface area is 124 Å². The molecule has 0 aliphatic carbocycles. The van der Waals surface area contributed by atoms with Crippen molar-refractivity contribution >= 4 is 17.5 Å². The van der Waals surface area contributed by atoms with Crippen LogP contribution in [0.1, 0.15) is 18.9 Å². The molecule has 1 unspecified atom stereocenters. The molecule has 1 aromatic rings. The van der Waals surface area contributed by atoms with E-state index < -0.39 is 5.82 Å². The maximum atomic E-state index is 13.6. The van der Waals surface area contributed by atoms with E-state index in [0.29, 0.717) is 6.54 Å². The summed E-state index contributed by atoms with van der Waals surface area (Å²) in [6.45, 7) is 4.70. The third-order valence-corrected chi connectivity index (χ3v) is 2.90. The smallest absolute Gasteiger partial charge is 0.279 e. The van der Waals surface area contributed by atoms with E-state index in [0.717, 1.165) is 16.9 Å². The van der Waals surface area contributed by atoms with Gasteiger partial charge in [-0.2, -0.15) is 0 Å². The van der Waals surface area contributed by atoms with E-state index in [1.54, 1.807) is 20.0 Å². The highest BCUT2D eigenvalue weighted by Crippen LogP contribution is 2.14. The van der Waals surface area contributed by atoms with Crippen molar-refractivity contribution in [3.63, 3.8) is 0 Å². The molecule has 6 heteroatoms. The molecule has 1 atom stereocenters. The van der Waals surface area contributed by atoms with Crippen molar-refractivity contribution in [1.29, 1.82) is 0 Å². The fourth-order valence-electron chi connectivity index (χ4n) is 1.85. The summed E-state index contributed by atoms with van der Waals surface area (Å²) >= 11 is 0. The summed E-state index contributed by atoms with van der Waals surface area (Å²) < 4.78 is 13.6. The second kappa shape index (κ2) is 8.36. The van der Waals surface area contributed by atoms with Crippen molar-refractivity contribution in [2.75, 3.05) is 32.0 Å². The Morgan fingerprint density at radius 2 is 1.90 bits per heavy atom. The summed E-state index contributed by atoms with van der Waals surface area (Å²) in [5.41, 5.74) is 0.953. The molecule has 0 spiro atoms. The van der Waals surface area contributed by atoms with Crippen LogP contribution in [0.15, 0.2) is 18.2 Å². The number of anilines is 1. The minimum atomic E-state index is -0.457. The number of carbonyl (C=O) groups is 2. The highest BCUT2D eigenvalue weighted by molar-refractivity contribution is 5.91. The zero-order chi connectivity index (χ0) is 15.8. The second-order valence-corrected chi connectivity index (χ2v) is 5.19. The molecule has 0 aliphatic heterocycles. The second-order valence-electron chi connectivity index (χ2n) is 5.19. The quantitative estimate of drug-likeness (QED) is 0.669. The van der Waals surface area contributed by atoms with Crippen LogP contribution in [0.25, 0.3) is 0 Å². The molecule has 21 heavy (non-hydrogen) atoms. The van der Waals surface area contributed by atoms with Gasteiger partial charge in [-0.05, 0) is 31.0 Å². The van der Waals surface area contributed by atoms with Crippen molar-refractivity contribution in [3.05, 3.63) is 29.6 Å². The first-order valence-corrected chi connectivity index (χ1v) is 7.06. The number of quaternary nitrogens is 1. The largest absolute Gasteiger partial charge is 0.351 e. The molecule has 2 amide bonds. The lowest BCUT2D eigenvalue weighted by molar-refractivity contribution is -0.862. The highest BCUT2D eigenvalue weighted by atomic mass is 19.1. The number of hydrogen-bond acceptors (Lipinski definition) is 2. The summed E-state index contributed by atoms with van der Waals surface area (Å²) in [5, 5.41) is 5.27. The summed E-state index contributed by atoms with van der Waals surface area (Å²) in [4.78, 5) is 24.1. The Bertz CT molecular complexity index is 506. The van der Waals surface area contributed by atoms with Crippen LogP contribution < -0.4 is 15.5 Å². The third-order valence-electron chi connectivity index (χ3n) is 2.90. The SMILES string of the molecule is CCCNC(=O)C[NH+](C)CC(=O)Nc1ccc(C)cc1F. The average Bonchev–Trinajstić information content (AvgIpc) is 2.39. The molecular weight excluding hydrogens is 273 g/mol. The first-order valence-electron chi connectivity index (χ1n) is 7.06. The molecule has 0 fully saturated rings. The molecule has 1 aromatic carbocycles. The Hall–Kier alpha value is -1.95. The number of carbonyl (C=O) groups excluding carboxylic acids is 2. The predicted molar refractivity (Wildman–Crippen MR) is 79.7 cm³/mol. The van der Waals surface area contributed by atoms with Gasteiger partial charge in [0.15, 0.2) is 13.1 Å². The van der Waals surface area contributed by atoms with Crippen molar-refractivity contribution in [2.45, 2.75) is 20.3 Å². The monoisotopic (exact) mass is 296 g/mol. The molecular formula is C15H23FN3O2+. The maximum absolute atomic E-state index is 13.6. The molecule has 0 saturated heterocycles. The number of rotatable bonds is 7. The predicted octanol–water partition coefficient (Wildman–Crippen LogP) is 0.114. The van der Waals surface area contributed by atoms with Gasteiger partial charge in [-0.25, -0.2) is 4.39 Å². The number of halogens is 1. The number of aryl methyl sites for hydroxylation is 1. The van der Waals surface area contributed by atoms with Crippen molar-refractivity contribution in [1.82, 2.24) is 5.32 Å². The van der Waals surface area contributed by atoms with Gasteiger partial charge in [0.05, 0.1) is 12.7 Å². The Kier molecular flexibility index (Phi) is 6.81. The van der Waals surface area contributed by atoms with E-state index in [-0.39, 0.29) is 30.6 Å². The van der Waals surface area contributed by atoms with E-state index >= 15 is 0 Å². The van der Waals surface area contributed by atoms with E-state index in [9.17, 15) is 14.0 Å². The molecule has 0 radical (unpaired) electrons. The van der Waals surface area contributed by atoms with Crippen LogP contribution in [-0.2, 0) is 9.59 Å². The molecule has 0 heterocycles. The number of nitrogens with one attached hydrogen (secondary N) is 3. The molecule has 0 aliphatic rings. The molecule has 0 bridgehead atoms. The van der Waals surface area contributed by atoms with E-state index in [1.165, 1.54) is 12.1 Å². The highest BCUT2D eigenvalue weighted by Gasteiger charge is 2.15. The molecule has 0 saturated carbocycles. The number of hydrogen-bond donors (Lipinski definition) is 3. The minimum absolute atomic E-state index is 0.0938. The first-order chi connectivity index (χ1) is 9.92. The fourth-order valence-corrected chi connectivity index (χ4v) is 1.85. The zero-order valence-corrected chi connectivity index (χ0v) is 12.8. The van der Waals surface area contributed by atoms with Crippen LogP contribution in [0.2, 0.25) is 0 Å². The van der Waals surface area contributed by atoms with E-state index in [4.69, 9.17) is 0 Å². The number of benzene rings is 1. The standard InChI is InChI=1S/C15H22FN3O2/c1-4-7-17-14(20)9-19(3)10-15(21)18-13-6-5-11(2)8-12(13)16/h5-6,8H,4,7,9-10H2,1-3H3,(H,17,20)(H,18,21)/p+1. The van der Waals surface area contributed by atoms with Gasteiger partial charge in [0, 0.05) is 6.54 Å². The maximum Gasteiger partial charge on any atom is 0.279 e. The molecule has 0 aromatic heterocycles. The number of amides is 2. The fraction of sp³-hybridized carbons (Fsp3) is 0.467. The lowest BCUT2D eigenvalue weighted by Crippen LogP contribution is -3.11. The van der Waals surface area contributed by atoms with Gasteiger partial charge >= 0.3 is 0 Å². The average molecular weight is 296 g/mol. The summed E-state index contributed by atoms with van der Waals surface area (Å²) in [5.74, 6) is -0.871. The van der Waals surface area contributed by atoms with Gasteiger partial charge in [-0.1, -0.05) is 13.0 Å². The summed E-state index contributed by atoms with van der Waals surface area (Å²) in [6.07, 6.45) is 0.873. The van der Waals surface area contributed by atoms with Crippen LogP contribution >= 0.6 is 0 Å². The van der Waals surface area contributed by atoms with Crippen molar-refractivity contribution < 1.29 is 18.9 Å². The van der Waals surface area contributed by atoms with Gasteiger partial charge in [-0.15, -0.1) is 0 Å². The Morgan fingerprint density at radius 3 is 2.52 bits per heavy atom. The Morgan fingerprint density at radius 1 is 1.24 bits per heavy atom. The van der Waals surface area contributed by atoms with E-state index in [2.05, 4.69) is 10.6 Å². The third kappa shape index (κ3) is 6.35. The normalized spacial score (nSPS) is 11.8. The molecule has 116 valence electrons. The lowest BCUT2D eigenvalue weighted by atomic mass is 10.2. The van der Waals surface area contributed by atoms with E-state index in [1.807, 2.05) is 6.92 Å².